The van der Waals surface area contributed by atoms with E-state index in [9.17, 15) is 13.5 Å². The zero-order chi connectivity index (χ0) is 18.0. The van der Waals surface area contributed by atoms with Crippen molar-refractivity contribution in [3.05, 3.63) is 65.4 Å². The number of fused-ring (bicyclic) bond motifs is 1. The molecule has 3 N–H and O–H groups in total. The van der Waals surface area contributed by atoms with E-state index in [0.717, 1.165) is 22.0 Å². The summed E-state index contributed by atoms with van der Waals surface area (Å²) in [6.07, 6.45) is 2.27. The van der Waals surface area contributed by atoms with Gasteiger partial charge in [0.2, 0.25) is 10.0 Å². The third-order valence-electron chi connectivity index (χ3n) is 4.32. The van der Waals surface area contributed by atoms with Gasteiger partial charge in [0.1, 0.15) is 0 Å². The molecule has 25 heavy (non-hydrogen) atoms. The number of aryl methyl sites for hydroxylation is 2. The van der Waals surface area contributed by atoms with Crippen LogP contribution in [0, 0.1) is 13.8 Å². The van der Waals surface area contributed by atoms with Crippen LogP contribution in [0.2, 0.25) is 0 Å². The van der Waals surface area contributed by atoms with Gasteiger partial charge in [-0.3, -0.25) is 0 Å². The van der Waals surface area contributed by atoms with E-state index in [-0.39, 0.29) is 11.5 Å². The molecule has 0 aliphatic rings. The fourth-order valence-corrected chi connectivity index (χ4v) is 4.55. The highest BCUT2D eigenvalue weighted by Crippen LogP contribution is 2.21. The predicted molar refractivity (Wildman–Crippen MR) is 99.1 cm³/mol. The van der Waals surface area contributed by atoms with E-state index in [1.807, 2.05) is 43.5 Å². The average Bonchev–Trinajstić information content (AvgIpc) is 2.99. The zero-order valence-corrected chi connectivity index (χ0v) is 15.1. The van der Waals surface area contributed by atoms with Crippen molar-refractivity contribution in [2.45, 2.75) is 31.2 Å². The molecular formula is C19H22N2O3S. The molecule has 6 heteroatoms. The van der Waals surface area contributed by atoms with Crippen LogP contribution in [0.25, 0.3) is 10.9 Å². The molecule has 5 nitrogen and oxygen atoms in total. The van der Waals surface area contributed by atoms with Gasteiger partial charge in [-0.15, -0.1) is 0 Å². The summed E-state index contributed by atoms with van der Waals surface area (Å²) in [4.78, 5) is 3.42. The van der Waals surface area contributed by atoms with Crippen molar-refractivity contribution in [2.24, 2.45) is 0 Å². The fraction of sp³-hybridized carbons (Fsp3) is 0.263. The van der Waals surface area contributed by atoms with Crippen LogP contribution in [0.5, 0.6) is 0 Å². The highest BCUT2D eigenvalue weighted by Gasteiger charge is 2.22. The minimum atomic E-state index is -3.70. The molecule has 0 saturated heterocycles. The van der Waals surface area contributed by atoms with Crippen molar-refractivity contribution in [2.75, 3.05) is 6.61 Å². The lowest BCUT2D eigenvalue weighted by molar-refractivity contribution is 0.256. The molecule has 0 radical (unpaired) electrons. The molecule has 0 aliphatic carbocycles. The first-order valence-electron chi connectivity index (χ1n) is 8.16. The zero-order valence-electron chi connectivity index (χ0n) is 14.3. The highest BCUT2D eigenvalue weighted by molar-refractivity contribution is 7.89. The van der Waals surface area contributed by atoms with Crippen molar-refractivity contribution in [3.63, 3.8) is 0 Å². The second-order valence-electron chi connectivity index (χ2n) is 6.33. The van der Waals surface area contributed by atoms with Gasteiger partial charge in [0, 0.05) is 23.1 Å². The largest absolute Gasteiger partial charge is 0.395 e. The van der Waals surface area contributed by atoms with Crippen LogP contribution in [-0.4, -0.2) is 31.2 Å². The number of hydrogen-bond acceptors (Lipinski definition) is 3. The summed E-state index contributed by atoms with van der Waals surface area (Å²) in [6, 6.07) is 12.5. The first-order valence-corrected chi connectivity index (χ1v) is 9.64. The monoisotopic (exact) mass is 358 g/mol. The van der Waals surface area contributed by atoms with Gasteiger partial charge < -0.3 is 10.1 Å². The summed E-state index contributed by atoms with van der Waals surface area (Å²) in [5.41, 5.74) is 3.52. The van der Waals surface area contributed by atoms with Crippen LogP contribution < -0.4 is 4.72 Å². The summed E-state index contributed by atoms with van der Waals surface area (Å²) in [5.74, 6) is 0. The molecule has 0 saturated carbocycles. The molecule has 1 heterocycles. The minimum Gasteiger partial charge on any atom is -0.395 e. The molecule has 0 aliphatic heterocycles. The number of para-hydroxylation sites is 1. The molecule has 3 aromatic rings. The van der Waals surface area contributed by atoms with E-state index >= 15 is 0 Å². The summed E-state index contributed by atoms with van der Waals surface area (Å²) in [5, 5.41) is 10.7. The van der Waals surface area contributed by atoms with Gasteiger partial charge in [-0.2, -0.15) is 0 Å². The van der Waals surface area contributed by atoms with Crippen LogP contribution in [0.1, 0.15) is 16.7 Å². The number of aliphatic hydroxyl groups is 1. The van der Waals surface area contributed by atoms with Gasteiger partial charge in [0.05, 0.1) is 11.5 Å². The molecule has 132 valence electrons. The molecule has 2 aromatic carbocycles. The lowest BCUT2D eigenvalue weighted by atomic mass is 10.1. The van der Waals surface area contributed by atoms with Gasteiger partial charge in [0.15, 0.2) is 0 Å². The third-order valence-corrected chi connectivity index (χ3v) is 5.98. The Morgan fingerprint density at radius 2 is 1.92 bits per heavy atom. The van der Waals surface area contributed by atoms with Crippen molar-refractivity contribution >= 4 is 20.9 Å². The summed E-state index contributed by atoms with van der Waals surface area (Å²) in [7, 11) is -3.70. The van der Waals surface area contributed by atoms with E-state index in [1.54, 1.807) is 19.1 Å². The third kappa shape index (κ3) is 3.76. The normalized spacial score (nSPS) is 13.2. The Kier molecular flexibility index (Phi) is 4.94. The number of aromatic amines is 1. The average molecular weight is 358 g/mol. The Morgan fingerprint density at radius 1 is 1.16 bits per heavy atom. The van der Waals surface area contributed by atoms with Crippen LogP contribution >= 0.6 is 0 Å². The first kappa shape index (κ1) is 17.7. The number of nitrogens with one attached hydrogen (secondary N) is 2. The Hall–Kier alpha value is -2.15. The number of sulfonamides is 1. The number of hydrogen-bond donors (Lipinski definition) is 3. The molecule has 1 aromatic heterocycles. The Labute approximate surface area is 147 Å². The van der Waals surface area contributed by atoms with E-state index in [4.69, 9.17) is 0 Å². The standard InChI is InChI=1S/C19H22N2O3S/c1-13-7-8-14(2)19(9-13)25(23,24)21-16(12-22)10-15-11-20-18-6-4-3-5-17(15)18/h3-9,11,16,20-22H,10,12H2,1-2H3. The summed E-state index contributed by atoms with van der Waals surface area (Å²) < 4.78 is 28.1. The van der Waals surface area contributed by atoms with Crippen LogP contribution in [-0.2, 0) is 16.4 Å². The number of benzene rings is 2. The molecular weight excluding hydrogens is 336 g/mol. The second kappa shape index (κ2) is 7.00. The number of aliphatic hydroxyl groups excluding tert-OH is 1. The second-order valence-corrected chi connectivity index (χ2v) is 8.02. The molecule has 0 fully saturated rings. The highest BCUT2D eigenvalue weighted by atomic mass is 32.2. The van der Waals surface area contributed by atoms with Crippen LogP contribution in [0.15, 0.2) is 53.6 Å². The lowest BCUT2D eigenvalue weighted by Crippen LogP contribution is -2.39. The summed E-state index contributed by atoms with van der Waals surface area (Å²) in [6.45, 7) is 3.35. The molecule has 0 spiro atoms. The Bertz CT molecular complexity index is 993. The molecule has 0 amide bonds. The maximum Gasteiger partial charge on any atom is 0.241 e. The van der Waals surface area contributed by atoms with Gasteiger partial charge >= 0.3 is 0 Å². The van der Waals surface area contributed by atoms with Gasteiger partial charge in [-0.05, 0) is 49.1 Å². The lowest BCUT2D eigenvalue weighted by Gasteiger charge is -2.17. The van der Waals surface area contributed by atoms with Crippen molar-refractivity contribution in [3.8, 4) is 0 Å². The quantitative estimate of drug-likeness (QED) is 0.633. The smallest absolute Gasteiger partial charge is 0.241 e. The maximum absolute atomic E-state index is 12.7. The molecule has 1 atom stereocenters. The summed E-state index contributed by atoms with van der Waals surface area (Å²) >= 11 is 0. The number of H-pyrrole nitrogens is 1. The van der Waals surface area contributed by atoms with E-state index < -0.39 is 16.1 Å². The fourth-order valence-electron chi connectivity index (χ4n) is 2.99. The SMILES string of the molecule is Cc1ccc(C)c(S(=O)(=O)NC(CO)Cc2c[nH]c3ccccc23)c1. The van der Waals surface area contributed by atoms with Gasteiger partial charge in [0.25, 0.3) is 0 Å². The van der Waals surface area contributed by atoms with Gasteiger partial charge in [-0.1, -0.05) is 30.3 Å². The number of rotatable bonds is 6. The van der Waals surface area contributed by atoms with Crippen LogP contribution in [0.3, 0.4) is 0 Å². The van der Waals surface area contributed by atoms with Crippen molar-refractivity contribution < 1.29 is 13.5 Å². The Balaban J connectivity index is 1.85. The van der Waals surface area contributed by atoms with Crippen LogP contribution in [0.4, 0.5) is 0 Å². The van der Waals surface area contributed by atoms with E-state index in [0.29, 0.717) is 12.0 Å². The first-order chi connectivity index (χ1) is 11.9. The van der Waals surface area contributed by atoms with Crippen molar-refractivity contribution in [1.29, 1.82) is 0 Å². The molecule has 1 unspecified atom stereocenters. The molecule has 0 bridgehead atoms. The topological polar surface area (TPSA) is 82.2 Å². The van der Waals surface area contributed by atoms with Crippen molar-refractivity contribution in [1.82, 2.24) is 9.71 Å². The van der Waals surface area contributed by atoms with E-state index in [1.165, 1.54) is 0 Å². The minimum absolute atomic E-state index is 0.255. The predicted octanol–water partition coefficient (Wildman–Crippen LogP) is 2.67. The van der Waals surface area contributed by atoms with Gasteiger partial charge in [-0.25, -0.2) is 13.1 Å². The van der Waals surface area contributed by atoms with E-state index in [2.05, 4.69) is 9.71 Å². The number of aromatic nitrogens is 1. The molecule has 3 rings (SSSR count). The maximum atomic E-state index is 12.7. The Morgan fingerprint density at radius 3 is 2.68 bits per heavy atom.